The zero-order valence-electron chi connectivity index (χ0n) is 17.7. The van der Waals surface area contributed by atoms with Gasteiger partial charge in [-0.25, -0.2) is 0 Å². The number of aromatic nitrogens is 2. The predicted octanol–water partition coefficient (Wildman–Crippen LogP) is 2.39. The van der Waals surface area contributed by atoms with E-state index in [-0.39, 0.29) is 24.3 Å². The maximum absolute atomic E-state index is 13.3. The number of alkyl halides is 3. The maximum atomic E-state index is 13.3. The average Bonchev–Trinajstić information content (AvgIpc) is 3.48. The van der Waals surface area contributed by atoms with Gasteiger partial charge in [-0.1, -0.05) is 0 Å². The Hall–Kier alpha value is -3.55. The van der Waals surface area contributed by atoms with E-state index in [4.69, 9.17) is 11.0 Å². The molecule has 0 aliphatic carbocycles. The number of halogens is 3. The summed E-state index contributed by atoms with van der Waals surface area (Å²) in [5, 5.41) is 15.4. The van der Waals surface area contributed by atoms with Crippen LogP contribution in [0.25, 0.3) is 0 Å². The number of anilines is 1. The van der Waals surface area contributed by atoms with Crippen molar-refractivity contribution in [2.24, 2.45) is 23.5 Å². The second kappa shape index (κ2) is 8.77. The molecule has 0 spiro atoms. The Balaban J connectivity index is 1.45. The van der Waals surface area contributed by atoms with Gasteiger partial charge in [0.2, 0.25) is 5.91 Å². The molecular weight excluding hydrogens is 437 g/mol. The van der Waals surface area contributed by atoms with Gasteiger partial charge >= 0.3 is 6.18 Å². The Kier molecular flexibility index (Phi) is 6.01. The number of nitrogens with two attached hydrogens (primary N) is 1. The van der Waals surface area contributed by atoms with Crippen molar-refractivity contribution >= 4 is 17.5 Å². The summed E-state index contributed by atoms with van der Waals surface area (Å²) in [5.74, 6) is -1.16. The van der Waals surface area contributed by atoms with Crippen LogP contribution in [-0.2, 0) is 11.0 Å². The van der Waals surface area contributed by atoms with Crippen molar-refractivity contribution in [2.45, 2.75) is 19.0 Å². The number of H-pyrrole nitrogens is 1. The van der Waals surface area contributed by atoms with Crippen LogP contribution < -0.4 is 10.6 Å². The van der Waals surface area contributed by atoms with Gasteiger partial charge in [0.1, 0.15) is 5.69 Å². The minimum Gasteiger partial charge on any atom is -0.372 e. The number of nitrogens with zero attached hydrogens (tertiary/aromatic N) is 4. The van der Waals surface area contributed by atoms with E-state index in [2.05, 4.69) is 10.2 Å². The Morgan fingerprint density at radius 3 is 2.48 bits per heavy atom. The maximum Gasteiger partial charge on any atom is 0.417 e. The lowest BCUT2D eigenvalue weighted by Crippen LogP contribution is -2.40. The number of likely N-dealkylation sites (tertiary alicyclic amines) is 1. The highest BCUT2D eigenvalue weighted by atomic mass is 19.4. The lowest BCUT2D eigenvalue weighted by Gasteiger charge is -2.37. The van der Waals surface area contributed by atoms with Crippen LogP contribution in [0.1, 0.15) is 34.5 Å². The topological polar surface area (TPSA) is 119 Å². The number of rotatable bonds is 4. The number of carbonyl (C=O) groups excluding carboxylic acids is 2. The van der Waals surface area contributed by atoms with Crippen LogP contribution in [0.5, 0.6) is 0 Å². The zero-order chi connectivity index (χ0) is 23.8. The number of nitrogens with one attached hydrogen (secondary N) is 1. The number of nitriles is 1. The van der Waals surface area contributed by atoms with Gasteiger partial charge in [0, 0.05) is 38.1 Å². The average molecular weight is 460 g/mol. The van der Waals surface area contributed by atoms with E-state index >= 15 is 0 Å². The Bertz CT molecular complexity index is 1070. The van der Waals surface area contributed by atoms with Crippen molar-refractivity contribution in [3.05, 3.63) is 47.3 Å². The van der Waals surface area contributed by atoms with Gasteiger partial charge in [0.05, 0.1) is 23.1 Å². The van der Waals surface area contributed by atoms with Gasteiger partial charge in [0.15, 0.2) is 0 Å². The van der Waals surface area contributed by atoms with Gasteiger partial charge < -0.3 is 15.5 Å². The highest BCUT2D eigenvalue weighted by molar-refractivity contribution is 5.93. The molecule has 0 saturated carbocycles. The number of piperidine rings is 1. The Labute approximate surface area is 188 Å². The highest BCUT2D eigenvalue weighted by Crippen LogP contribution is 2.39. The fourth-order valence-electron chi connectivity index (χ4n) is 4.97. The smallest absolute Gasteiger partial charge is 0.372 e. The first-order chi connectivity index (χ1) is 15.7. The molecule has 8 nitrogen and oxygen atoms in total. The number of primary amides is 1. The summed E-state index contributed by atoms with van der Waals surface area (Å²) in [6.07, 6.45) is -1.82. The van der Waals surface area contributed by atoms with Crippen LogP contribution in [0.15, 0.2) is 30.5 Å². The Morgan fingerprint density at radius 1 is 1.18 bits per heavy atom. The molecule has 2 saturated heterocycles. The summed E-state index contributed by atoms with van der Waals surface area (Å²) >= 11 is 0. The first-order valence-corrected chi connectivity index (χ1v) is 10.6. The van der Waals surface area contributed by atoms with Crippen LogP contribution in [-0.4, -0.2) is 53.1 Å². The third kappa shape index (κ3) is 4.51. The largest absolute Gasteiger partial charge is 0.417 e. The molecule has 2 atom stereocenters. The minimum atomic E-state index is -4.61. The molecule has 2 amide bonds. The van der Waals surface area contributed by atoms with Gasteiger partial charge in [-0.3, -0.25) is 14.7 Å². The SMILES string of the molecule is N#Cc1ccc(N2CCC([C@@H]3CN(C(=O)c4ccn[nH]4)C[C@H]3C(N)=O)CC2)cc1C(F)(F)F. The lowest BCUT2D eigenvalue weighted by atomic mass is 9.78. The van der Waals surface area contributed by atoms with E-state index in [1.165, 1.54) is 18.3 Å². The van der Waals surface area contributed by atoms with Crippen molar-refractivity contribution in [1.82, 2.24) is 15.1 Å². The summed E-state index contributed by atoms with van der Waals surface area (Å²) in [6, 6.07) is 6.91. The number of hydrogen-bond donors (Lipinski definition) is 2. The predicted molar refractivity (Wildman–Crippen MR) is 112 cm³/mol. The van der Waals surface area contributed by atoms with E-state index in [1.807, 2.05) is 4.90 Å². The van der Waals surface area contributed by atoms with E-state index in [0.717, 1.165) is 6.07 Å². The number of amides is 2. The molecular formula is C22H23F3N6O2. The van der Waals surface area contributed by atoms with E-state index in [9.17, 15) is 22.8 Å². The van der Waals surface area contributed by atoms with Crippen molar-refractivity contribution in [3.8, 4) is 6.07 Å². The summed E-state index contributed by atoms with van der Waals surface area (Å²) in [6.45, 7) is 1.64. The summed E-state index contributed by atoms with van der Waals surface area (Å²) in [4.78, 5) is 28.3. The molecule has 11 heteroatoms. The van der Waals surface area contributed by atoms with Gasteiger partial charge in [-0.05, 0) is 48.9 Å². The molecule has 2 fully saturated rings. The molecule has 2 aliphatic heterocycles. The number of carbonyl (C=O) groups is 2. The fourth-order valence-corrected chi connectivity index (χ4v) is 4.97. The van der Waals surface area contributed by atoms with Crippen LogP contribution in [0.2, 0.25) is 0 Å². The number of aromatic amines is 1. The first-order valence-electron chi connectivity index (χ1n) is 10.6. The van der Waals surface area contributed by atoms with Gasteiger partial charge in [0.25, 0.3) is 5.91 Å². The van der Waals surface area contributed by atoms with Crippen LogP contribution in [0.3, 0.4) is 0 Å². The second-order valence-electron chi connectivity index (χ2n) is 8.52. The molecule has 0 unspecified atom stereocenters. The summed E-state index contributed by atoms with van der Waals surface area (Å²) in [7, 11) is 0. The molecule has 3 heterocycles. The highest BCUT2D eigenvalue weighted by Gasteiger charge is 2.43. The standard InChI is InChI=1S/C22H23F3N6O2/c23-22(24,25)18-9-15(2-1-14(18)10-26)30-7-4-13(5-8-30)16-11-31(12-17(16)20(27)32)21(33)19-3-6-28-29-19/h1-3,6,9,13,16-17H,4-5,7-8,11-12H2,(H2,27,32)(H,28,29)/t16-,17+/m0/s1. The molecule has 0 radical (unpaired) electrons. The quantitative estimate of drug-likeness (QED) is 0.726. The van der Waals surface area contributed by atoms with Crippen molar-refractivity contribution in [3.63, 3.8) is 0 Å². The summed E-state index contributed by atoms with van der Waals surface area (Å²) < 4.78 is 40.0. The third-order valence-corrected chi connectivity index (χ3v) is 6.69. The number of hydrogen-bond acceptors (Lipinski definition) is 5. The second-order valence-corrected chi connectivity index (χ2v) is 8.52. The normalized spacial score (nSPS) is 21.8. The molecule has 4 rings (SSSR count). The molecule has 1 aromatic heterocycles. The molecule has 33 heavy (non-hydrogen) atoms. The Morgan fingerprint density at radius 2 is 1.91 bits per heavy atom. The summed E-state index contributed by atoms with van der Waals surface area (Å²) in [5.41, 5.74) is 5.05. The minimum absolute atomic E-state index is 0.108. The molecule has 2 aromatic rings. The third-order valence-electron chi connectivity index (χ3n) is 6.69. The molecule has 1 aromatic carbocycles. The van der Waals surface area contributed by atoms with Gasteiger partial charge in [-0.2, -0.15) is 23.5 Å². The van der Waals surface area contributed by atoms with E-state index in [1.54, 1.807) is 17.0 Å². The molecule has 3 N–H and O–H groups in total. The molecule has 174 valence electrons. The van der Waals surface area contributed by atoms with Crippen molar-refractivity contribution in [2.75, 3.05) is 31.1 Å². The van der Waals surface area contributed by atoms with Crippen LogP contribution >= 0.6 is 0 Å². The molecule has 2 aliphatic rings. The van der Waals surface area contributed by atoms with Gasteiger partial charge in [-0.15, -0.1) is 0 Å². The number of benzene rings is 1. The van der Waals surface area contributed by atoms with Crippen molar-refractivity contribution in [1.29, 1.82) is 5.26 Å². The van der Waals surface area contributed by atoms with E-state index in [0.29, 0.717) is 43.9 Å². The fraction of sp³-hybridized carbons (Fsp3) is 0.455. The van der Waals surface area contributed by atoms with Crippen LogP contribution in [0.4, 0.5) is 18.9 Å². The van der Waals surface area contributed by atoms with E-state index < -0.39 is 29.1 Å². The molecule has 0 bridgehead atoms. The zero-order valence-corrected chi connectivity index (χ0v) is 17.7. The van der Waals surface area contributed by atoms with Crippen LogP contribution in [0, 0.1) is 29.1 Å². The van der Waals surface area contributed by atoms with Crippen molar-refractivity contribution < 1.29 is 22.8 Å². The lowest BCUT2D eigenvalue weighted by molar-refractivity contribution is -0.137. The first kappa shape index (κ1) is 22.6. The monoisotopic (exact) mass is 460 g/mol.